The van der Waals surface area contributed by atoms with Gasteiger partial charge in [-0.3, -0.25) is 4.79 Å². The monoisotopic (exact) mass is 482 g/mol. The van der Waals surface area contributed by atoms with Crippen molar-refractivity contribution in [2.24, 2.45) is 0 Å². The lowest BCUT2D eigenvalue weighted by Crippen LogP contribution is -2.50. The fourth-order valence-corrected chi connectivity index (χ4v) is 6.04. The molecule has 0 N–H and O–H groups in total. The molecule has 1 aliphatic rings. The molecule has 10 heteroatoms. The smallest absolute Gasteiger partial charge is 0.264 e. The van der Waals surface area contributed by atoms with E-state index in [0.717, 1.165) is 3.79 Å². The summed E-state index contributed by atoms with van der Waals surface area (Å²) in [5, 5.41) is 0.436. The summed E-state index contributed by atoms with van der Waals surface area (Å²) in [6, 6.07) is 7.93. The van der Waals surface area contributed by atoms with Crippen molar-refractivity contribution in [1.29, 1.82) is 0 Å². The zero-order valence-electron chi connectivity index (χ0n) is 12.8. The van der Waals surface area contributed by atoms with Gasteiger partial charge in [-0.05, 0) is 46.3 Å². The van der Waals surface area contributed by atoms with Crippen LogP contribution in [0.4, 0.5) is 0 Å². The summed E-state index contributed by atoms with van der Waals surface area (Å²) < 4.78 is 27.8. The molecule has 0 aliphatic carbocycles. The first-order chi connectivity index (χ1) is 11.8. The van der Waals surface area contributed by atoms with Crippen LogP contribution < -0.4 is 0 Å². The summed E-state index contributed by atoms with van der Waals surface area (Å²) in [5.41, 5.74) is 0. The summed E-state index contributed by atoms with van der Waals surface area (Å²) in [7, 11) is -3.75. The van der Waals surface area contributed by atoms with Crippen molar-refractivity contribution in [3.8, 4) is 0 Å². The molecule has 1 aliphatic heterocycles. The van der Waals surface area contributed by atoms with E-state index < -0.39 is 10.0 Å². The third-order valence-corrected chi connectivity index (χ3v) is 8.05. The van der Waals surface area contributed by atoms with Gasteiger partial charge in [-0.25, -0.2) is 8.42 Å². The van der Waals surface area contributed by atoms with Crippen LogP contribution in [-0.4, -0.2) is 49.7 Å². The quantitative estimate of drug-likeness (QED) is 0.663. The van der Waals surface area contributed by atoms with Crippen molar-refractivity contribution in [2.75, 3.05) is 26.2 Å². The van der Waals surface area contributed by atoms with Crippen LogP contribution in [0.2, 0.25) is 10.0 Å². The molecule has 134 valence electrons. The van der Waals surface area contributed by atoms with Gasteiger partial charge in [-0.1, -0.05) is 23.2 Å². The molecule has 0 unspecified atom stereocenters. The molecule has 5 nitrogen and oxygen atoms in total. The van der Waals surface area contributed by atoms with Crippen LogP contribution in [0.15, 0.2) is 39.0 Å². The highest BCUT2D eigenvalue weighted by molar-refractivity contribution is 9.11. The van der Waals surface area contributed by atoms with Crippen LogP contribution in [0.1, 0.15) is 9.67 Å². The highest BCUT2D eigenvalue weighted by Crippen LogP contribution is 2.29. The van der Waals surface area contributed by atoms with E-state index in [9.17, 15) is 13.2 Å². The number of sulfonamides is 1. The van der Waals surface area contributed by atoms with E-state index in [-0.39, 0.29) is 28.9 Å². The Balaban J connectivity index is 1.73. The van der Waals surface area contributed by atoms with Crippen LogP contribution in [0, 0.1) is 0 Å². The van der Waals surface area contributed by atoms with Crippen molar-refractivity contribution >= 4 is 66.4 Å². The van der Waals surface area contributed by atoms with Crippen LogP contribution >= 0.6 is 50.5 Å². The highest BCUT2D eigenvalue weighted by Gasteiger charge is 2.32. The lowest BCUT2D eigenvalue weighted by atomic mass is 10.3. The molecule has 1 fully saturated rings. The largest absolute Gasteiger partial charge is 0.335 e. The molecule has 0 radical (unpaired) electrons. The Kier molecular flexibility index (Phi) is 5.77. The number of nitrogens with zero attached hydrogens (tertiary/aromatic N) is 2. The molecular formula is C15H13BrCl2N2O3S2. The Hall–Kier alpha value is -0.640. The van der Waals surface area contributed by atoms with E-state index >= 15 is 0 Å². The standard InChI is InChI=1S/C15H13BrCl2N2O3S2/c16-14-4-3-12(24-14)15(21)19-5-7-20(8-6-19)25(22,23)13-9-10(17)1-2-11(13)18/h1-4,9H,5-8H2. The number of halogens is 3. The summed E-state index contributed by atoms with van der Waals surface area (Å²) in [6.45, 7) is 1.07. The number of carbonyl (C=O) groups is 1. The van der Waals surface area contributed by atoms with Crippen LogP contribution in [0.5, 0.6) is 0 Å². The van der Waals surface area contributed by atoms with Crippen molar-refractivity contribution in [2.45, 2.75) is 4.90 Å². The Bertz CT molecular complexity index is 909. The fourth-order valence-electron chi connectivity index (χ4n) is 2.53. The first kappa shape index (κ1) is 19.1. The molecule has 0 spiro atoms. The van der Waals surface area contributed by atoms with Crippen LogP contribution in [0.25, 0.3) is 0 Å². The number of carbonyl (C=O) groups excluding carboxylic acids is 1. The van der Waals surface area contributed by atoms with Crippen molar-refractivity contribution < 1.29 is 13.2 Å². The second-order valence-electron chi connectivity index (χ2n) is 5.37. The number of benzene rings is 1. The first-order valence-corrected chi connectivity index (χ1v) is 11.1. The number of rotatable bonds is 3. The van der Waals surface area contributed by atoms with Crippen molar-refractivity contribution in [3.63, 3.8) is 0 Å². The normalized spacial score (nSPS) is 16.2. The SMILES string of the molecule is O=C(c1ccc(Br)s1)N1CCN(S(=O)(=O)c2cc(Cl)ccc2Cl)CC1. The Morgan fingerprint density at radius 3 is 2.36 bits per heavy atom. The van der Waals surface area contributed by atoms with Gasteiger partial charge in [0, 0.05) is 31.2 Å². The number of hydrogen-bond acceptors (Lipinski definition) is 4. The number of thiophene rings is 1. The fraction of sp³-hybridized carbons (Fsp3) is 0.267. The van der Waals surface area contributed by atoms with E-state index in [0.29, 0.717) is 23.0 Å². The summed E-state index contributed by atoms with van der Waals surface area (Å²) >= 11 is 16.6. The molecule has 3 rings (SSSR count). The predicted molar refractivity (Wildman–Crippen MR) is 103 cm³/mol. The minimum Gasteiger partial charge on any atom is -0.335 e. The third-order valence-electron chi connectivity index (χ3n) is 3.82. The molecule has 0 saturated carbocycles. The number of piperazine rings is 1. The van der Waals surface area contributed by atoms with Gasteiger partial charge in [0.1, 0.15) is 4.90 Å². The maximum absolute atomic E-state index is 12.8. The lowest BCUT2D eigenvalue weighted by molar-refractivity contribution is 0.0703. The van der Waals surface area contributed by atoms with Gasteiger partial charge < -0.3 is 4.90 Å². The van der Waals surface area contributed by atoms with E-state index in [2.05, 4.69) is 15.9 Å². The maximum Gasteiger partial charge on any atom is 0.264 e. The summed E-state index contributed by atoms with van der Waals surface area (Å²) in [6.07, 6.45) is 0. The molecule has 2 aromatic rings. The van der Waals surface area contributed by atoms with Crippen LogP contribution in [0.3, 0.4) is 0 Å². The number of hydrogen-bond donors (Lipinski definition) is 0. The molecular weight excluding hydrogens is 471 g/mol. The van der Waals surface area contributed by atoms with Gasteiger partial charge in [0.2, 0.25) is 10.0 Å². The van der Waals surface area contributed by atoms with Crippen molar-refractivity contribution in [3.05, 3.63) is 49.0 Å². The van der Waals surface area contributed by atoms with Crippen LogP contribution in [-0.2, 0) is 10.0 Å². The average Bonchev–Trinajstić information content (AvgIpc) is 3.03. The Morgan fingerprint density at radius 1 is 1.08 bits per heavy atom. The van der Waals surface area contributed by atoms with Gasteiger partial charge in [-0.2, -0.15) is 4.31 Å². The average molecular weight is 484 g/mol. The van der Waals surface area contributed by atoms with E-state index in [1.54, 1.807) is 17.0 Å². The minimum absolute atomic E-state index is 0.0105. The van der Waals surface area contributed by atoms with Crippen molar-refractivity contribution in [1.82, 2.24) is 9.21 Å². The summed E-state index contributed by atoms with van der Waals surface area (Å²) in [4.78, 5) is 14.7. The van der Waals surface area contributed by atoms with Gasteiger partial charge in [-0.15, -0.1) is 11.3 Å². The second-order valence-corrected chi connectivity index (χ2v) is 10.6. The Labute approximate surface area is 168 Å². The molecule has 25 heavy (non-hydrogen) atoms. The molecule has 1 amide bonds. The van der Waals surface area contributed by atoms with Gasteiger partial charge in [0.15, 0.2) is 0 Å². The highest BCUT2D eigenvalue weighted by atomic mass is 79.9. The topological polar surface area (TPSA) is 57.7 Å². The van der Waals surface area contributed by atoms with E-state index in [1.807, 2.05) is 6.07 Å². The molecule has 1 aromatic carbocycles. The summed E-state index contributed by atoms with van der Waals surface area (Å²) in [5.74, 6) is -0.0893. The van der Waals surface area contributed by atoms with Gasteiger partial charge in [0.25, 0.3) is 5.91 Å². The van der Waals surface area contributed by atoms with E-state index in [1.165, 1.54) is 27.8 Å². The molecule has 1 aromatic heterocycles. The molecule has 0 atom stereocenters. The Morgan fingerprint density at radius 2 is 1.76 bits per heavy atom. The minimum atomic E-state index is -3.75. The lowest BCUT2D eigenvalue weighted by Gasteiger charge is -2.34. The molecule has 0 bridgehead atoms. The second kappa shape index (κ2) is 7.54. The molecule has 2 heterocycles. The third kappa shape index (κ3) is 4.04. The zero-order valence-corrected chi connectivity index (χ0v) is 17.5. The zero-order chi connectivity index (χ0) is 18.2. The number of amides is 1. The van der Waals surface area contributed by atoms with E-state index in [4.69, 9.17) is 23.2 Å². The van der Waals surface area contributed by atoms with Gasteiger partial charge >= 0.3 is 0 Å². The first-order valence-electron chi connectivity index (χ1n) is 7.29. The maximum atomic E-state index is 12.8. The molecule has 1 saturated heterocycles. The van der Waals surface area contributed by atoms with Gasteiger partial charge in [0.05, 0.1) is 13.7 Å². The predicted octanol–water partition coefficient (Wildman–Crippen LogP) is 3.96.